The Balaban J connectivity index is 1.50. The zero-order valence-corrected chi connectivity index (χ0v) is 20.9. The monoisotopic (exact) mass is 490 g/mol. The second-order valence-corrected chi connectivity index (χ2v) is 10.7. The number of piperazine rings is 1. The van der Waals surface area contributed by atoms with Crippen LogP contribution < -0.4 is 4.90 Å². The van der Waals surface area contributed by atoms with Gasteiger partial charge < -0.3 is 4.90 Å². The first-order valence-corrected chi connectivity index (χ1v) is 13.5. The third-order valence-corrected chi connectivity index (χ3v) is 8.32. The van der Waals surface area contributed by atoms with Gasteiger partial charge in [0.1, 0.15) is 11.6 Å². The SMILES string of the molecule is CCCCc1nc(N2CCN(S(=O)(=O)c3ccccc3)CC2)c2c(C)nn(-c3ccccc3)c2n1. The first kappa shape index (κ1) is 23.4. The molecule has 8 nitrogen and oxygen atoms in total. The van der Waals surface area contributed by atoms with Crippen molar-refractivity contribution < 1.29 is 8.42 Å². The van der Waals surface area contributed by atoms with Gasteiger partial charge in [-0.2, -0.15) is 9.40 Å². The molecule has 0 unspecified atom stereocenters. The van der Waals surface area contributed by atoms with Crippen LogP contribution in [-0.4, -0.2) is 58.7 Å². The van der Waals surface area contributed by atoms with E-state index in [0.717, 1.165) is 53.3 Å². The number of aromatic nitrogens is 4. The number of aryl methyl sites for hydroxylation is 2. The fourth-order valence-electron chi connectivity index (χ4n) is 4.51. The fraction of sp³-hybridized carbons (Fsp3) is 0.346. The fourth-order valence-corrected chi connectivity index (χ4v) is 5.96. The molecule has 2 aromatic carbocycles. The zero-order chi connectivity index (χ0) is 24.4. The number of benzene rings is 2. The van der Waals surface area contributed by atoms with Crippen LogP contribution in [0.4, 0.5) is 5.82 Å². The molecule has 3 heterocycles. The van der Waals surface area contributed by atoms with Crippen molar-refractivity contribution in [3.05, 3.63) is 72.2 Å². The largest absolute Gasteiger partial charge is 0.353 e. The molecule has 0 N–H and O–H groups in total. The standard InChI is InChI=1S/C26H30N6O2S/c1-3-4-15-23-27-25(24-20(2)29-32(26(24)28-23)21-11-7-5-8-12-21)30-16-18-31(19-17-30)35(33,34)22-13-9-6-10-14-22/h5-14H,3-4,15-19H2,1-2H3. The van der Waals surface area contributed by atoms with E-state index in [-0.39, 0.29) is 0 Å². The smallest absolute Gasteiger partial charge is 0.243 e. The van der Waals surface area contributed by atoms with Crippen LogP contribution in [0, 0.1) is 6.92 Å². The number of sulfonamides is 1. The lowest BCUT2D eigenvalue weighted by Gasteiger charge is -2.35. The third kappa shape index (κ3) is 4.53. The Hall–Kier alpha value is -3.30. The molecule has 0 bridgehead atoms. The van der Waals surface area contributed by atoms with E-state index in [2.05, 4.69) is 11.8 Å². The van der Waals surface area contributed by atoms with Crippen molar-refractivity contribution in [1.82, 2.24) is 24.1 Å². The van der Waals surface area contributed by atoms with Crippen molar-refractivity contribution in [2.75, 3.05) is 31.1 Å². The maximum absolute atomic E-state index is 13.1. The number of fused-ring (bicyclic) bond motifs is 1. The van der Waals surface area contributed by atoms with Crippen molar-refractivity contribution in [3.63, 3.8) is 0 Å². The minimum atomic E-state index is -3.51. The van der Waals surface area contributed by atoms with E-state index < -0.39 is 10.0 Å². The lowest BCUT2D eigenvalue weighted by molar-refractivity contribution is 0.384. The molecule has 0 saturated carbocycles. The van der Waals surface area contributed by atoms with Crippen molar-refractivity contribution in [1.29, 1.82) is 0 Å². The van der Waals surface area contributed by atoms with Crippen LogP contribution in [0.5, 0.6) is 0 Å². The summed E-state index contributed by atoms with van der Waals surface area (Å²) >= 11 is 0. The van der Waals surface area contributed by atoms with Crippen molar-refractivity contribution in [2.45, 2.75) is 38.0 Å². The lowest BCUT2D eigenvalue weighted by Crippen LogP contribution is -2.49. The lowest BCUT2D eigenvalue weighted by atomic mass is 10.2. The first-order valence-electron chi connectivity index (χ1n) is 12.1. The number of rotatable bonds is 7. The molecule has 5 rings (SSSR count). The number of anilines is 1. The minimum Gasteiger partial charge on any atom is -0.353 e. The van der Waals surface area contributed by atoms with Crippen molar-refractivity contribution >= 4 is 26.9 Å². The van der Waals surface area contributed by atoms with Gasteiger partial charge in [0.15, 0.2) is 5.65 Å². The molecule has 1 saturated heterocycles. The van der Waals surface area contributed by atoms with E-state index >= 15 is 0 Å². The Morgan fingerprint density at radius 1 is 0.886 bits per heavy atom. The highest BCUT2D eigenvalue weighted by Crippen LogP contribution is 2.30. The van der Waals surface area contributed by atoms with Gasteiger partial charge in [-0.05, 0) is 37.6 Å². The van der Waals surface area contributed by atoms with Crippen LogP contribution in [0.25, 0.3) is 16.7 Å². The Kier molecular flexibility index (Phi) is 6.53. The van der Waals surface area contributed by atoms with E-state index in [1.54, 1.807) is 28.6 Å². The van der Waals surface area contributed by atoms with Crippen LogP contribution in [0.2, 0.25) is 0 Å². The molecular formula is C26H30N6O2S. The third-order valence-electron chi connectivity index (χ3n) is 6.40. The Morgan fingerprint density at radius 3 is 2.20 bits per heavy atom. The Morgan fingerprint density at radius 2 is 1.54 bits per heavy atom. The van der Waals surface area contributed by atoms with E-state index in [4.69, 9.17) is 15.1 Å². The molecule has 0 amide bonds. The summed E-state index contributed by atoms with van der Waals surface area (Å²) in [7, 11) is -3.51. The normalized spacial score (nSPS) is 15.1. The van der Waals surface area contributed by atoms with Gasteiger partial charge in [-0.3, -0.25) is 0 Å². The highest BCUT2D eigenvalue weighted by atomic mass is 32.2. The molecule has 0 aliphatic carbocycles. The van der Waals surface area contributed by atoms with Gasteiger partial charge in [0, 0.05) is 32.6 Å². The number of hydrogen-bond acceptors (Lipinski definition) is 6. The predicted octanol–water partition coefficient (Wildman–Crippen LogP) is 3.98. The maximum Gasteiger partial charge on any atom is 0.243 e. The van der Waals surface area contributed by atoms with Crippen LogP contribution in [0.1, 0.15) is 31.3 Å². The summed E-state index contributed by atoms with van der Waals surface area (Å²) in [5.41, 5.74) is 2.61. The van der Waals surface area contributed by atoms with Crippen LogP contribution in [-0.2, 0) is 16.4 Å². The van der Waals surface area contributed by atoms with Crippen LogP contribution in [0.3, 0.4) is 0 Å². The summed E-state index contributed by atoms with van der Waals surface area (Å²) < 4.78 is 29.7. The highest BCUT2D eigenvalue weighted by Gasteiger charge is 2.30. The average Bonchev–Trinajstić information content (AvgIpc) is 3.24. The summed E-state index contributed by atoms with van der Waals surface area (Å²) in [6.07, 6.45) is 2.86. The molecular weight excluding hydrogens is 460 g/mol. The minimum absolute atomic E-state index is 0.333. The van der Waals surface area contributed by atoms with E-state index in [1.165, 1.54) is 0 Å². The first-order chi connectivity index (χ1) is 17.0. The van der Waals surface area contributed by atoms with E-state index in [0.29, 0.717) is 31.1 Å². The highest BCUT2D eigenvalue weighted by molar-refractivity contribution is 7.89. The topological polar surface area (TPSA) is 84.2 Å². The number of para-hydroxylation sites is 1. The molecule has 0 atom stereocenters. The Bertz CT molecular complexity index is 1410. The van der Waals surface area contributed by atoms with Gasteiger partial charge in [-0.25, -0.2) is 23.1 Å². The molecule has 0 spiro atoms. The molecule has 1 aliphatic heterocycles. The van der Waals surface area contributed by atoms with Crippen molar-refractivity contribution in [2.24, 2.45) is 0 Å². The predicted molar refractivity (Wildman–Crippen MR) is 137 cm³/mol. The van der Waals surface area contributed by atoms with Gasteiger partial charge in [0.05, 0.1) is 21.7 Å². The van der Waals surface area contributed by atoms with Crippen molar-refractivity contribution in [3.8, 4) is 5.69 Å². The summed E-state index contributed by atoms with van der Waals surface area (Å²) in [6, 6.07) is 18.6. The zero-order valence-electron chi connectivity index (χ0n) is 20.1. The molecule has 1 fully saturated rings. The average molecular weight is 491 g/mol. The second-order valence-electron chi connectivity index (χ2n) is 8.80. The van der Waals surface area contributed by atoms with Crippen LogP contribution >= 0.6 is 0 Å². The summed E-state index contributed by atoms with van der Waals surface area (Å²) in [5.74, 6) is 1.64. The molecule has 2 aromatic heterocycles. The van der Waals surface area contributed by atoms with E-state index in [9.17, 15) is 8.42 Å². The summed E-state index contributed by atoms with van der Waals surface area (Å²) in [6.45, 7) is 6.06. The molecule has 9 heteroatoms. The molecule has 182 valence electrons. The Labute approximate surface area is 206 Å². The molecule has 0 radical (unpaired) electrons. The van der Waals surface area contributed by atoms with E-state index in [1.807, 2.05) is 48.0 Å². The summed E-state index contributed by atoms with van der Waals surface area (Å²) in [5, 5.41) is 5.74. The van der Waals surface area contributed by atoms with Gasteiger partial charge in [0.2, 0.25) is 10.0 Å². The number of hydrogen-bond donors (Lipinski definition) is 0. The molecule has 35 heavy (non-hydrogen) atoms. The van der Waals surface area contributed by atoms with Crippen LogP contribution in [0.15, 0.2) is 65.6 Å². The number of nitrogens with zero attached hydrogens (tertiary/aromatic N) is 6. The second kappa shape index (κ2) is 9.75. The van der Waals surface area contributed by atoms with Gasteiger partial charge in [0.25, 0.3) is 0 Å². The summed E-state index contributed by atoms with van der Waals surface area (Å²) in [4.78, 5) is 12.4. The van der Waals surface area contributed by atoms with Gasteiger partial charge in [-0.1, -0.05) is 49.7 Å². The quantitative estimate of drug-likeness (QED) is 0.390. The maximum atomic E-state index is 13.1. The number of unbranched alkanes of at least 4 members (excludes halogenated alkanes) is 1. The van der Waals surface area contributed by atoms with Gasteiger partial charge in [-0.15, -0.1) is 0 Å². The molecule has 4 aromatic rings. The van der Waals surface area contributed by atoms with Gasteiger partial charge >= 0.3 is 0 Å². The molecule has 1 aliphatic rings.